The Bertz CT molecular complexity index is 896. The molecule has 3 rings (SSSR count). The summed E-state index contributed by atoms with van der Waals surface area (Å²) in [7, 11) is 1.61. The van der Waals surface area contributed by atoms with E-state index in [9.17, 15) is 14.0 Å². The van der Waals surface area contributed by atoms with Crippen molar-refractivity contribution < 1.29 is 28.2 Å². The van der Waals surface area contributed by atoms with E-state index >= 15 is 0 Å². The third-order valence-corrected chi connectivity index (χ3v) is 4.09. The van der Waals surface area contributed by atoms with Crippen LogP contribution in [-0.2, 0) is 20.9 Å². The first kappa shape index (κ1) is 19.4. The van der Waals surface area contributed by atoms with Gasteiger partial charge in [-0.3, -0.25) is 4.79 Å². The van der Waals surface area contributed by atoms with Crippen molar-refractivity contribution in [3.63, 3.8) is 0 Å². The van der Waals surface area contributed by atoms with Crippen molar-refractivity contribution in [3.8, 4) is 11.5 Å². The van der Waals surface area contributed by atoms with Crippen molar-refractivity contribution in [1.82, 2.24) is 4.90 Å². The number of likely N-dealkylation sites (N-methyl/N-ethyl adjacent to an activating group) is 1. The zero-order chi connectivity index (χ0) is 19.9. The van der Waals surface area contributed by atoms with E-state index in [1.165, 1.54) is 23.1 Å². The van der Waals surface area contributed by atoms with Gasteiger partial charge in [0.05, 0.1) is 0 Å². The van der Waals surface area contributed by atoms with Crippen molar-refractivity contribution in [1.29, 1.82) is 0 Å². The molecule has 0 aromatic heterocycles. The Morgan fingerprint density at radius 1 is 1.14 bits per heavy atom. The average Bonchev–Trinajstić information content (AvgIpc) is 2.71. The molecule has 1 aliphatic heterocycles. The molecule has 1 amide bonds. The second-order valence-electron chi connectivity index (χ2n) is 6.19. The SMILES string of the molecule is CN(Cc1ccc2c(c1)OCCO2)C(=O)COC(=O)/C=C/c1ccccc1F. The molecule has 1 aliphatic rings. The van der Waals surface area contributed by atoms with Crippen molar-refractivity contribution in [2.45, 2.75) is 6.54 Å². The lowest BCUT2D eigenvalue weighted by Crippen LogP contribution is -2.30. The van der Waals surface area contributed by atoms with E-state index in [-0.39, 0.29) is 11.5 Å². The number of carbonyl (C=O) groups excluding carboxylic acids is 2. The van der Waals surface area contributed by atoms with Crippen LogP contribution in [0.2, 0.25) is 0 Å². The second-order valence-corrected chi connectivity index (χ2v) is 6.19. The van der Waals surface area contributed by atoms with E-state index in [4.69, 9.17) is 14.2 Å². The third-order valence-electron chi connectivity index (χ3n) is 4.09. The monoisotopic (exact) mass is 385 g/mol. The van der Waals surface area contributed by atoms with Crippen molar-refractivity contribution >= 4 is 18.0 Å². The number of amides is 1. The zero-order valence-corrected chi connectivity index (χ0v) is 15.4. The Morgan fingerprint density at radius 2 is 1.89 bits per heavy atom. The molecular formula is C21H20FNO5. The molecule has 0 spiro atoms. The lowest BCUT2D eigenvalue weighted by molar-refractivity contribution is -0.147. The van der Waals surface area contributed by atoms with Gasteiger partial charge in [-0.15, -0.1) is 0 Å². The summed E-state index contributed by atoms with van der Waals surface area (Å²) < 4.78 is 29.4. The maximum absolute atomic E-state index is 13.5. The molecule has 0 saturated carbocycles. The van der Waals surface area contributed by atoms with E-state index < -0.39 is 18.4 Å². The van der Waals surface area contributed by atoms with Gasteiger partial charge < -0.3 is 19.1 Å². The maximum Gasteiger partial charge on any atom is 0.331 e. The average molecular weight is 385 g/mol. The highest BCUT2D eigenvalue weighted by Crippen LogP contribution is 2.31. The summed E-state index contributed by atoms with van der Waals surface area (Å²) in [5.41, 5.74) is 1.13. The predicted molar refractivity (Wildman–Crippen MR) is 100 cm³/mol. The van der Waals surface area contributed by atoms with E-state index in [1.54, 1.807) is 25.2 Å². The van der Waals surface area contributed by atoms with E-state index in [0.717, 1.165) is 11.6 Å². The predicted octanol–water partition coefficient (Wildman–Crippen LogP) is 2.81. The highest BCUT2D eigenvalue weighted by molar-refractivity contribution is 5.89. The summed E-state index contributed by atoms with van der Waals surface area (Å²) in [4.78, 5) is 25.4. The molecule has 0 atom stereocenters. The Hall–Kier alpha value is -3.35. The van der Waals surface area contributed by atoms with Crippen molar-refractivity contribution in [3.05, 3.63) is 65.5 Å². The first-order valence-corrected chi connectivity index (χ1v) is 8.75. The number of hydrogen-bond acceptors (Lipinski definition) is 5. The molecule has 0 N–H and O–H groups in total. The smallest absolute Gasteiger partial charge is 0.331 e. The molecule has 0 unspecified atom stereocenters. The summed E-state index contributed by atoms with van der Waals surface area (Å²) in [6, 6.07) is 11.5. The molecule has 2 aromatic carbocycles. The standard InChI is InChI=1S/C21H20FNO5/c1-23(13-15-6-8-18-19(12-15)27-11-10-26-18)20(24)14-28-21(25)9-7-16-4-2-3-5-17(16)22/h2-9,12H,10-11,13-14H2,1H3/b9-7+. The maximum atomic E-state index is 13.5. The number of benzene rings is 2. The normalized spacial score (nSPS) is 12.6. The van der Waals surface area contributed by atoms with Gasteiger partial charge in [0.1, 0.15) is 19.0 Å². The van der Waals surface area contributed by atoms with Crippen LogP contribution in [0.25, 0.3) is 6.08 Å². The number of rotatable bonds is 6. The number of fused-ring (bicyclic) bond motifs is 1. The topological polar surface area (TPSA) is 65.1 Å². The molecule has 1 heterocycles. The summed E-state index contributed by atoms with van der Waals surface area (Å²) in [5.74, 6) is -0.192. The molecule has 0 aliphatic carbocycles. The third kappa shape index (κ3) is 5.09. The van der Waals surface area contributed by atoms with Gasteiger partial charge in [-0.25, -0.2) is 9.18 Å². The van der Waals surface area contributed by atoms with Gasteiger partial charge in [-0.1, -0.05) is 24.3 Å². The molecule has 28 heavy (non-hydrogen) atoms. The van der Waals surface area contributed by atoms with Gasteiger partial charge in [0.25, 0.3) is 5.91 Å². The molecule has 0 bridgehead atoms. The molecule has 0 radical (unpaired) electrons. The summed E-state index contributed by atoms with van der Waals surface area (Å²) in [5, 5.41) is 0. The molecule has 2 aromatic rings. The van der Waals surface area contributed by atoms with Crippen molar-refractivity contribution in [2.75, 3.05) is 26.9 Å². The number of nitrogens with zero attached hydrogens (tertiary/aromatic N) is 1. The van der Waals surface area contributed by atoms with Crippen LogP contribution in [0, 0.1) is 5.82 Å². The lowest BCUT2D eigenvalue weighted by atomic mass is 10.2. The Morgan fingerprint density at radius 3 is 2.68 bits per heavy atom. The first-order valence-electron chi connectivity index (χ1n) is 8.75. The van der Waals surface area contributed by atoms with Crippen LogP contribution in [0.4, 0.5) is 4.39 Å². The largest absolute Gasteiger partial charge is 0.486 e. The van der Waals surface area contributed by atoms with Gasteiger partial charge in [-0.2, -0.15) is 0 Å². The van der Waals surface area contributed by atoms with Crippen LogP contribution >= 0.6 is 0 Å². The minimum atomic E-state index is -0.718. The number of esters is 1. The van der Waals surface area contributed by atoms with E-state index in [0.29, 0.717) is 31.3 Å². The minimum Gasteiger partial charge on any atom is -0.486 e. The number of carbonyl (C=O) groups is 2. The Balaban J connectivity index is 1.49. The lowest BCUT2D eigenvalue weighted by Gasteiger charge is -2.21. The summed E-state index contributed by atoms with van der Waals surface area (Å²) >= 11 is 0. The van der Waals surface area contributed by atoms with Gasteiger partial charge in [0.15, 0.2) is 18.1 Å². The fourth-order valence-electron chi connectivity index (χ4n) is 2.61. The van der Waals surface area contributed by atoms with Crippen LogP contribution in [0.5, 0.6) is 11.5 Å². The van der Waals surface area contributed by atoms with Crippen LogP contribution in [0.15, 0.2) is 48.5 Å². The van der Waals surface area contributed by atoms with Gasteiger partial charge in [-0.05, 0) is 29.8 Å². The van der Waals surface area contributed by atoms with Gasteiger partial charge in [0, 0.05) is 25.2 Å². The zero-order valence-electron chi connectivity index (χ0n) is 15.4. The fraction of sp³-hybridized carbons (Fsp3) is 0.238. The van der Waals surface area contributed by atoms with Crippen LogP contribution < -0.4 is 9.47 Å². The van der Waals surface area contributed by atoms with Crippen LogP contribution in [0.3, 0.4) is 0 Å². The number of hydrogen-bond donors (Lipinski definition) is 0. The van der Waals surface area contributed by atoms with Crippen molar-refractivity contribution in [2.24, 2.45) is 0 Å². The van der Waals surface area contributed by atoms with E-state index in [2.05, 4.69) is 0 Å². The molecular weight excluding hydrogens is 365 g/mol. The molecule has 146 valence electrons. The minimum absolute atomic E-state index is 0.265. The van der Waals surface area contributed by atoms with Crippen LogP contribution in [0.1, 0.15) is 11.1 Å². The van der Waals surface area contributed by atoms with E-state index in [1.807, 2.05) is 12.1 Å². The van der Waals surface area contributed by atoms with Gasteiger partial charge in [0.2, 0.25) is 0 Å². The second kappa shape index (κ2) is 9.03. The Kier molecular flexibility index (Phi) is 6.26. The quantitative estimate of drug-likeness (QED) is 0.565. The number of ether oxygens (including phenoxy) is 3. The molecule has 0 saturated heterocycles. The highest BCUT2D eigenvalue weighted by Gasteiger charge is 2.15. The Labute approximate surface area is 162 Å². The number of halogens is 1. The molecule has 0 fully saturated rings. The fourth-order valence-corrected chi connectivity index (χ4v) is 2.61. The summed E-state index contributed by atoms with van der Waals surface area (Å²) in [6.45, 7) is 0.933. The first-order chi connectivity index (χ1) is 13.5. The van der Waals surface area contributed by atoms with Crippen LogP contribution in [-0.4, -0.2) is 43.6 Å². The molecule has 7 heteroatoms. The highest BCUT2D eigenvalue weighted by atomic mass is 19.1. The van der Waals surface area contributed by atoms with Gasteiger partial charge >= 0.3 is 5.97 Å². The summed E-state index contributed by atoms with van der Waals surface area (Å²) in [6.07, 6.45) is 2.40. The molecule has 6 nitrogen and oxygen atoms in total.